The van der Waals surface area contributed by atoms with Crippen LogP contribution in [0.25, 0.3) is 0 Å². The molecule has 30 heavy (non-hydrogen) atoms. The average Bonchev–Trinajstić information content (AvgIpc) is 2.79. The largest absolute Gasteiger partial charge is 0.114 e. The van der Waals surface area contributed by atoms with Gasteiger partial charge in [0.15, 0.2) is 0 Å². The van der Waals surface area contributed by atoms with Crippen molar-refractivity contribution < 1.29 is 0 Å². The van der Waals surface area contributed by atoms with Crippen LogP contribution in [0.15, 0.2) is 91.0 Å². The van der Waals surface area contributed by atoms with E-state index in [1.165, 1.54) is 67.3 Å². The van der Waals surface area contributed by atoms with Crippen molar-refractivity contribution in [2.45, 2.75) is 65.2 Å². The van der Waals surface area contributed by atoms with Crippen molar-refractivity contribution in [2.24, 2.45) is 0 Å². The Bertz CT molecular complexity index is 641. The predicted molar refractivity (Wildman–Crippen MR) is 144 cm³/mol. The lowest BCUT2D eigenvalue weighted by molar-refractivity contribution is 0.585. The van der Waals surface area contributed by atoms with Crippen molar-refractivity contribution in [3.63, 3.8) is 0 Å². The molecule has 2 heteroatoms. The lowest BCUT2D eigenvalue weighted by Gasteiger charge is -2.18. The van der Waals surface area contributed by atoms with E-state index < -0.39 is 7.92 Å². The number of rotatable bonds is 10. The fraction of sp³-hybridized carbons (Fsp3) is 0.357. The standard InChI is InChI=1S/C18H15P.C10H22.BrH/c1-4-10-16(11-5-1)19(17-12-6-2-7-13-17)18-14-8-3-9-15-18;1-3-5-7-9-10-8-6-4-2;/h1-15H;3-10H2,1-2H3;1H. The summed E-state index contributed by atoms with van der Waals surface area (Å²) in [6.07, 6.45) is 11.5. The van der Waals surface area contributed by atoms with E-state index >= 15 is 0 Å². The van der Waals surface area contributed by atoms with Gasteiger partial charge in [0.1, 0.15) is 0 Å². The fourth-order valence-corrected chi connectivity index (χ4v) is 5.69. The van der Waals surface area contributed by atoms with E-state index in [1.807, 2.05) is 0 Å². The molecule has 0 aliphatic carbocycles. The molecule has 3 aromatic carbocycles. The van der Waals surface area contributed by atoms with Crippen LogP contribution in [-0.4, -0.2) is 0 Å². The molecule has 0 fully saturated rings. The van der Waals surface area contributed by atoms with Gasteiger partial charge in [0.2, 0.25) is 0 Å². The topological polar surface area (TPSA) is 0 Å². The summed E-state index contributed by atoms with van der Waals surface area (Å²) >= 11 is 0. The number of hydrogen-bond donors (Lipinski definition) is 0. The van der Waals surface area contributed by atoms with E-state index in [1.54, 1.807) is 0 Å². The predicted octanol–water partition coefficient (Wildman–Crippen LogP) is 8.17. The molecule has 3 rings (SSSR count). The van der Waals surface area contributed by atoms with Gasteiger partial charge in [-0.15, -0.1) is 17.0 Å². The monoisotopic (exact) mass is 484 g/mol. The summed E-state index contributed by atoms with van der Waals surface area (Å²) < 4.78 is 0. The van der Waals surface area contributed by atoms with Crippen LogP contribution in [0.3, 0.4) is 0 Å². The minimum absolute atomic E-state index is 0. The molecule has 0 atom stereocenters. The Hall–Kier alpha value is -1.43. The molecule has 0 radical (unpaired) electrons. The van der Waals surface area contributed by atoms with E-state index in [0.29, 0.717) is 0 Å². The van der Waals surface area contributed by atoms with Crippen LogP contribution in [0.2, 0.25) is 0 Å². The van der Waals surface area contributed by atoms with Gasteiger partial charge < -0.3 is 0 Å². The van der Waals surface area contributed by atoms with E-state index in [0.717, 1.165) is 0 Å². The fourth-order valence-electron chi connectivity index (χ4n) is 3.39. The summed E-state index contributed by atoms with van der Waals surface area (Å²) in [4.78, 5) is 0. The van der Waals surface area contributed by atoms with Crippen molar-refractivity contribution >= 4 is 40.8 Å². The van der Waals surface area contributed by atoms with E-state index in [-0.39, 0.29) is 17.0 Å². The molecule has 0 saturated carbocycles. The Morgan fingerprint density at radius 1 is 0.433 bits per heavy atom. The molecule has 162 valence electrons. The number of hydrogen-bond acceptors (Lipinski definition) is 0. The zero-order chi connectivity index (χ0) is 20.6. The SMILES string of the molecule is Br.CCCCCCCCCC.c1ccc(P(c2ccccc2)c2ccccc2)cc1. The average molecular weight is 485 g/mol. The minimum atomic E-state index is -0.446. The zero-order valence-corrected chi connectivity index (χ0v) is 21.3. The van der Waals surface area contributed by atoms with Crippen molar-refractivity contribution in [1.82, 2.24) is 0 Å². The summed E-state index contributed by atoms with van der Waals surface area (Å²) in [6, 6.07) is 32.3. The second-order valence-electron chi connectivity index (χ2n) is 7.46. The summed E-state index contributed by atoms with van der Waals surface area (Å²) in [6.45, 7) is 4.54. The van der Waals surface area contributed by atoms with Crippen molar-refractivity contribution in [2.75, 3.05) is 0 Å². The lowest BCUT2D eigenvalue weighted by Crippen LogP contribution is -2.20. The molecule has 0 N–H and O–H groups in total. The van der Waals surface area contributed by atoms with E-state index in [9.17, 15) is 0 Å². The number of halogens is 1. The van der Waals surface area contributed by atoms with Crippen molar-refractivity contribution in [3.8, 4) is 0 Å². The number of unbranched alkanes of at least 4 members (excludes halogenated alkanes) is 7. The maximum Gasteiger partial charge on any atom is -0.0134 e. The molecule has 0 unspecified atom stereocenters. The minimum Gasteiger partial charge on any atom is -0.114 e. The van der Waals surface area contributed by atoms with Gasteiger partial charge in [-0.2, -0.15) is 0 Å². The maximum absolute atomic E-state index is 2.27. The molecule has 3 aromatic rings. The van der Waals surface area contributed by atoms with Gasteiger partial charge in [-0.1, -0.05) is 156 Å². The van der Waals surface area contributed by atoms with Crippen molar-refractivity contribution in [1.29, 1.82) is 0 Å². The first-order valence-corrected chi connectivity index (χ1v) is 12.7. The first-order valence-electron chi connectivity index (χ1n) is 11.3. The Balaban J connectivity index is 0.000000354. The summed E-state index contributed by atoms with van der Waals surface area (Å²) in [5.41, 5.74) is 0. The molecule has 0 nitrogen and oxygen atoms in total. The smallest absolute Gasteiger partial charge is 0.0134 e. The number of benzene rings is 3. The Morgan fingerprint density at radius 3 is 0.967 bits per heavy atom. The van der Waals surface area contributed by atoms with Gasteiger partial charge in [-0.3, -0.25) is 0 Å². The summed E-state index contributed by atoms with van der Waals surface area (Å²) in [5, 5.41) is 4.19. The third-order valence-electron chi connectivity index (χ3n) is 5.00. The van der Waals surface area contributed by atoms with Gasteiger partial charge in [-0.25, -0.2) is 0 Å². The second-order valence-corrected chi connectivity index (χ2v) is 9.68. The highest BCUT2D eigenvalue weighted by atomic mass is 79.9. The second kappa shape index (κ2) is 17.3. The Kier molecular flexibility index (Phi) is 15.3. The molecular formula is C28H38BrP. The molecule has 0 saturated heterocycles. The molecular weight excluding hydrogens is 447 g/mol. The first-order chi connectivity index (χ1) is 14.4. The third-order valence-corrected chi connectivity index (χ3v) is 7.44. The van der Waals surface area contributed by atoms with Crippen LogP contribution in [0.5, 0.6) is 0 Å². The van der Waals surface area contributed by atoms with Gasteiger partial charge in [0.25, 0.3) is 0 Å². The molecule has 0 amide bonds. The molecule has 0 aliphatic heterocycles. The van der Waals surface area contributed by atoms with Gasteiger partial charge in [0.05, 0.1) is 0 Å². The quantitative estimate of drug-likeness (QED) is 0.201. The lowest BCUT2D eigenvalue weighted by atomic mass is 10.1. The molecule has 0 aliphatic rings. The molecule has 0 heterocycles. The molecule has 0 spiro atoms. The van der Waals surface area contributed by atoms with Crippen LogP contribution in [-0.2, 0) is 0 Å². The first kappa shape index (κ1) is 26.6. The van der Waals surface area contributed by atoms with E-state index in [4.69, 9.17) is 0 Å². The maximum atomic E-state index is 2.27. The van der Waals surface area contributed by atoms with E-state index in [2.05, 4.69) is 105 Å². The Labute approximate surface area is 196 Å². The normalized spacial score (nSPS) is 10.1. The van der Waals surface area contributed by atoms with Gasteiger partial charge in [0, 0.05) is 0 Å². The zero-order valence-electron chi connectivity index (χ0n) is 18.7. The highest BCUT2D eigenvalue weighted by molar-refractivity contribution is 8.93. The Morgan fingerprint density at radius 2 is 0.700 bits per heavy atom. The van der Waals surface area contributed by atoms with Crippen molar-refractivity contribution in [3.05, 3.63) is 91.0 Å². The van der Waals surface area contributed by atoms with Crippen LogP contribution in [0, 0.1) is 0 Å². The van der Waals surface area contributed by atoms with Crippen LogP contribution < -0.4 is 15.9 Å². The van der Waals surface area contributed by atoms with Gasteiger partial charge in [-0.05, 0) is 23.8 Å². The summed E-state index contributed by atoms with van der Waals surface area (Å²) in [7, 11) is -0.446. The molecule has 0 bridgehead atoms. The highest BCUT2D eigenvalue weighted by Gasteiger charge is 2.14. The highest BCUT2D eigenvalue weighted by Crippen LogP contribution is 2.32. The van der Waals surface area contributed by atoms with Crippen LogP contribution >= 0.6 is 24.9 Å². The van der Waals surface area contributed by atoms with Crippen LogP contribution in [0.1, 0.15) is 65.2 Å². The third kappa shape index (κ3) is 10.1. The summed E-state index contributed by atoms with van der Waals surface area (Å²) in [5.74, 6) is 0. The van der Waals surface area contributed by atoms with Gasteiger partial charge >= 0.3 is 0 Å². The van der Waals surface area contributed by atoms with Crippen LogP contribution in [0.4, 0.5) is 0 Å². The molecule has 0 aromatic heterocycles.